The van der Waals surface area contributed by atoms with Crippen LogP contribution in [0.2, 0.25) is 0 Å². The Labute approximate surface area is 121 Å². The van der Waals surface area contributed by atoms with E-state index in [-0.39, 0.29) is 18.0 Å². The molecule has 0 spiro atoms. The molecule has 1 fully saturated rings. The molecule has 6 nitrogen and oxygen atoms in total. The molecule has 1 rings (SSSR count). The van der Waals surface area contributed by atoms with E-state index in [9.17, 15) is 9.59 Å². The molecule has 0 heterocycles. The highest BCUT2D eigenvalue weighted by atomic mass is 16.5. The Morgan fingerprint density at radius 1 is 1.15 bits per heavy atom. The Bertz CT molecular complexity index is 315. The van der Waals surface area contributed by atoms with Crippen molar-refractivity contribution in [1.29, 1.82) is 0 Å². The summed E-state index contributed by atoms with van der Waals surface area (Å²) in [5, 5.41) is 8.41. The SMILES string of the molecule is CCOC(=O)NC(NC(=O)NC1CCCCC1)C(C)C. The van der Waals surface area contributed by atoms with Crippen molar-refractivity contribution in [1.82, 2.24) is 16.0 Å². The number of ether oxygens (including phenoxy) is 1. The molecule has 0 aromatic carbocycles. The first-order chi connectivity index (χ1) is 9.52. The van der Waals surface area contributed by atoms with Gasteiger partial charge in [-0.2, -0.15) is 0 Å². The molecule has 0 bridgehead atoms. The first-order valence-corrected chi connectivity index (χ1v) is 7.53. The molecule has 0 saturated heterocycles. The maximum atomic E-state index is 12.0. The van der Waals surface area contributed by atoms with Crippen molar-refractivity contribution in [2.75, 3.05) is 6.61 Å². The van der Waals surface area contributed by atoms with E-state index in [0.717, 1.165) is 12.8 Å². The van der Waals surface area contributed by atoms with Crippen LogP contribution < -0.4 is 16.0 Å². The second-order valence-corrected chi connectivity index (χ2v) is 5.54. The van der Waals surface area contributed by atoms with Gasteiger partial charge in [-0.05, 0) is 25.7 Å². The Balaban J connectivity index is 2.39. The van der Waals surface area contributed by atoms with E-state index in [2.05, 4.69) is 16.0 Å². The second kappa shape index (κ2) is 8.66. The van der Waals surface area contributed by atoms with E-state index in [1.54, 1.807) is 6.92 Å². The van der Waals surface area contributed by atoms with Gasteiger partial charge in [-0.15, -0.1) is 0 Å². The van der Waals surface area contributed by atoms with E-state index in [0.29, 0.717) is 6.61 Å². The van der Waals surface area contributed by atoms with E-state index in [4.69, 9.17) is 4.74 Å². The van der Waals surface area contributed by atoms with Crippen LogP contribution in [0.4, 0.5) is 9.59 Å². The molecule has 3 N–H and O–H groups in total. The van der Waals surface area contributed by atoms with Crippen LogP contribution in [0, 0.1) is 5.92 Å². The number of alkyl carbamates (subject to hydrolysis) is 1. The summed E-state index contributed by atoms with van der Waals surface area (Å²) in [5.41, 5.74) is 0. The average molecular weight is 285 g/mol. The highest BCUT2D eigenvalue weighted by Crippen LogP contribution is 2.17. The average Bonchev–Trinajstić information content (AvgIpc) is 2.39. The molecule has 1 saturated carbocycles. The summed E-state index contributed by atoms with van der Waals surface area (Å²) >= 11 is 0. The standard InChI is InChI=1S/C14H27N3O3/c1-4-20-14(19)17-12(10(2)3)16-13(18)15-11-8-6-5-7-9-11/h10-12H,4-9H2,1-3H3,(H,17,19)(H2,15,16,18). The van der Waals surface area contributed by atoms with E-state index in [1.165, 1.54) is 19.3 Å². The van der Waals surface area contributed by atoms with Gasteiger partial charge >= 0.3 is 12.1 Å². The molecule has 20 heavy (non-hydrogen) atoms. The summed E-state index contributed by atoms with van der Waals surface area (Å²) in [4.78, 5) is 23.4. The van der Waals surface area contributed by atoms with Crippen LogP contribution in [0.25, 0.3) is 0 Å². The van der Waals surface area contributed by atoms with Crippen molar-refractivity contribution >= 4 is 12.1 Å². The maximum absolute atomic E-state index is 12.0. The minimum absolute atomic E-state index is 0.0801. The number of hydrogen-bond acceptors (Lipinski definition) is 3. The fourth-order valence-corrected chi connectivity index (χ4v) is 2.28. The zero-order chi connectivity index (χ0) is 15.0. The third kappa shape index (κ3) is 6.12. The zero-order valence-corrected chi connectivity index (χ0v) is 12.7. The molecule has 0 radical (unpaired) electrons. The lowest BCUT2D eigenvalue weighted by atomic mass is 9.96. The Morgan fingerprint density at radius 2 is 1.80 bits per heavy atom. The molecular weight excluding hydrogens is 258 g/mol. The van der Waals surface area contributed by atoms with E-state index >= 15 is 0 Å². The lowest BCUT2D eigenvalue weighted by Gasteiger charge is -2.27. The number of hydrogen-bond donors (Lipinski definition) is 3. The summed E-state index contributed by atoms with van der Waals surface area (Å²) in [5.74, 6) is 0.0801. The molecule has 6 heteroatoms. The summed E-state index contributed by atoms with van der Waals surface area (Å²) in [7, 11) is 0. The highest BCUT2D eigenvalue weighted by Gasteiger charge is 2.21. The van der Waals surface area contributed by atoms with E-state index in [1.807, 2.05) is 13.8 Å². The first-order valence-electron chi connectivity index (χ1n) is 7.53. The zero-order valence-electron chi connectivity index (χ0n) is 12.7. The van der Waals surface area contributed by atoms with Crippen molar-refractivity contribution in [2.24, 2.45) is 5.92 Å². The Morgan fingerprint density at radius 3 is 2.35 bits per heavy atom. The predicted molar refractivity (Wildman–Crippen MR) is 77.3 cm³/mol. The van der Waals surface area contributed by atoms with Crippen molar-refractivity contribution in [3.05, 3.63) is 0 Å². The van der Waals surface area contributed by atoms with Crippen molar-refractivity contribution in [3.8, 4) is 0 Å². The minimum atomic E-state index is -0.510. The third-order valence-electron chi connectivity index (χ3n) is 3.44. The van der Waals surface area contributed by atoms with Gasteiger partial charge < -0.3 is 20.7 Å². The number of nitrogens with one attached hydrogen (secondary N) is 3. The second-order valence-electron chi connectivity index (χ2n) is 5.54. The third-order valence-corrected chi connectivity index (χ3v) is 3.44. The van der Waals surface area contributed by atoms with Gasteiger partial charge in [-0.3, -0.25) is 0 Å². The predicted octanol–water partition coefficient (Wildman–Crippen LogP) is 2.35. The fourth-order valence-electron chi connectivity index (χ4n) is 2.28. The lowest BCUT2D eigenvalue weighted by Crippen LogP contribution is -2.55. The number of rotatable bonds is 5. The number of urea groups is 1. The molecule has 116 valence electrons. The van der Waals surface area contributed by atoms with Gasteiger partial charge in [0.2, 0.25) is 0 Å². The molecule has 1 aliphatic carbocycles. The smallest absolute Gasteiger partial charge is 0.408 e. The van der Waals surface area contributed by atoms with E-state index < -0.39 is 12.3 Å². The molecule has 0 aromatic heterocycles. The number of carbonyl (C=O) groups excluding carboxylic acids is 2. The van der Waals surface area contributed by atoms with Gasteiger partial charge in [0, 0.05) is 6.04 Å². The summed E-state index contributed by atoms with van der Waals surface area (Å²) in [6.07, 6.45) is 4.70. The van der Waals surface area contributed by atoms with Gasteiger partial charge in [-0.25, -0.2) is 9.59 Å². The fraction of sp³-hybridized carbons (Fsp3) is 0.857. The maximum Gasteiger partial charge on any atom is 0.408 e. The molecular formula is C14H27N3O3. The lowest BCUT2D eigenvalue weighted by molar-refractivity contribution is 0.142. The van der Waals surface area contributed by atoms with Crippen LogP contribution in [-0.4, -0.2) is 30.9 Å². The van der Waals surface area contributed by atoms with Gasteiger partial charge in [0.25, 0.3) is 0 Å². The molecule has 1 atom stereocenters. The van der Waals surface area contributed by atoms with Crippen LogP contribution in [0.15, 0.2) is 0 Å². The van der Waals surface area contributed by atoms with Crippen LogP contribution in [0.5, 0.6) is 0 Å². The summed E-state index contributed by atoms with van der Waals surface area (Å²) in [6, 6.07) is 0.0200. The van der Waals surface area contributed by atoms with Gasteiger partial charge in [-0.1, -0.05) is 33.1 Å². The molecule has 0 aromatic rings. The number of amides is 3. The largest absolute Gasteiger partial charge is 0.450 e. The van der Waals surface area contributed by atoms with Gasteiger partial charge in [0.1, 0.15) is 6.17 Å². The van der Waals surface area contributed by atoms with Gasteiger partial charge in [0.15, 0.2) is 0 Å². The van der Waals surface area contributed by atoms with Crippen molar-refractivity contribution in [3.63, 3.8) is 0 Å². The quantitative estimate of drug-likeness (QED) is 0.678. The van der Waals surface area contributed by atoms with Crippen molar-refractivity contribution < 1.29 is 14.3 Å². The van der Waals surface area contributed by atoms with Crippen LogP contribution >= 0.6 is 0 Å². The van der Waals surface area contributed by atoms with Gasteiger partial charge in [0.05, 0.1) is 6.61 Å². The van der Waals surface area contributed by atoms with Crippen LogP contribution in [0.3, 0.4) is 0 Å². The molecule has 1 aliphatic rings. The highest BCUT2D eigenvalue weighted by molar-refractivity contribution is 5.75. The topological polar surface area (TPSA) is 79.5 Å². The summed E-state index contributed by atoms with van der Waals surface area (Å²) in [6.45, 7) is 5.91. The summed E-state index contributed by atoms with van der Waals surface area (Å²) < 4.78 is 4.83. The van der Waals surface area contributed by atoms with Crippen LogP contribution in [0.1, 0.15) is 52.9 Å². The van der Waals surface area contributed by atoms with Crippen molar-refractivity contribution in [2.45, 2.75) is 65.1 Å². The first kappa shape index (κ1) is 16.6. The molecule has 1 unspecified atom stereocenters. The normalized spacial score (nSPS) is 17.4. The monoisotopic (exact) mass is 285 g/mol. The van der Waals surface area contributed by atoms with Crippen LogP contribution in [-0.2, 0) is 4.74 Å². The Kier molecular flexibility index (Phi) is 7.18. The number of carbonyl (C=O) groups is 2. The minimum Gasteiger partial charge on any atom is -0.450 e. The Hall–Kier alpha value is -1.46. The molecule has 0 aliphatic heterocycles. The molecule has 3 amide bonds.